The van der Waals surface area contributed by atoms with Gasteiger partial charge in [0.2, 0.25) is 5.95 Å². The zero-order valence-electron chi connectivity index (χ0n) is 10.2. The quantitative estimate of drug-likeness (QED) is 0.655. The second kappa shape index (κ2) is 5.34. The second-order valence-corrected chi connectivity index (χ2v) is 3.76. The molecule has 19 heavy (non-hydrogen) atoms. The average Bonchev–Trinajstić information content (AvgIpc) is 2.38. The maximum Gasteiger partial charge on any atom is 0.260 e. The summed E-state index contributed by atoms with van der Waals surface area (Å²) in [4.78, 5) is 15.6. The molecule has 98 valence electrons. The van der Waals surface area contributed by atoms with Crippen LogP contribution in [0.1, 0.15) is 10.4 Å². The lowest BCUT2D eigenvalue weighted by atomic mass is 10.1. The standard InChI is InChI=1S/C13H12FN3O2/c1-19-10-6-5-8(15)7-9(10)13(18)17-12-4-2-3-11(14)16-12/h2-7H,15H2,1H3,(H,16,17,18). The maximum absolute atomic E-state index is 12.9. The molecule has 0 aliphatic carbocycles. The first-order valence-corrected chi connectivity index (χ1v) is 5.47. The van der Waals surface area contributed by atoms with E-state index in [1.165, 1.54) is 31.4 Å². The summed E-state index contributed by atoms with van der Waals surface area (Å²) in [5.41, 5.74) is 6.31. The van der Waals surface area contributed by atoms with Gasteiger partial charge in [0.1, 0.15) is 11.6 Å². The van der Waals surface area contributed by atoms with Crippen molar-refractivity contribution in [1.82, 2.24) is 4.98 Å². The van der Waals surface area contributed by atoms with Gasteiger partial charge >= 0.3 is 0 Å². The van der Waals surface area contributed by atoms with E-state index in [9.17, 15) is 9.18 Å². The van der Waals surface area contributed by atoms with Crippen LogP contribution >= 0.6 is 0 Å². The lowest BCUT2D eigenvalue weighted by Crippen LogP contribution is -2.14. The molecule has 0 unspecified atom stereocenters. The minimum Gasteiger partial charge on any atom is -0.496 e. The highest BCUT2D eigenvalue weighted by molar-refractivity contribution is 6.06. The van der Waals surface area contributed by atoms with Crippen molar-refractivity contribution in [1.29, 1.82) is 0 Å². The predicted octanol–water partition coefficient (Wildman–Crippen LogP) is 2.06. The van der Waals surface area contributed by atoms with Gasteiger partial charge in [-0.15, -0.1) is 0 Å². The van der Waals surface area contributed by atoms with E-state index >= 15 is 0 Å². The molecular formula is C13H12FN3O2. The summed E-state index contributed by atoms with van der Waals surface area (Å²) < 4.78 is 18.0. The second-order valence-electron chi connectivity index (χ2n) is 3.76. The van der Waals surface area contributed by atoms with Crippen LogP contribution in [0.25, 0.3) is 0 Å². The van der Waals surface area contributed by atoms with Crippen LogP contribution < -0.4 is 15.8 Å². The minimum atomic E-state index is -0.669. The number of hydrogen-bond acceptors (Lipinski definition) is 4. The lowest BCUT2D eigenvalue weighted by Gasteiger charge is -2.09. The molecule has 1 aromatic carbocycles. The fourth-order valence-corrected chi connectivity index (χ4v) is 1.56. The van der Waals surface area contributed by atoms with E-state index in [1.54, 1.807) is 12.1 Å². The Hall–Kier alpha value is -2.63. The molecule has 1 amide bonds. The van der Waals surface area contributed by atoms with Crippen molar-refractivity contribution in [2.75, 3.05) is 18.2 Å². The van der Waals surface area contributed by atoms with Gasteiger partial charge in [0.15, 0.2) is 0 Å². The summed E-state index contributed by atoms with van der Waals surface area (Å²) in [6, 6.07) is 8.82. The third kappa shape index (κ3) is 2.98. The fraction of sp³-hybridized carbons (Fsp3) is 0.0769. The van der Waals surface area contributed by atoms with Gasteiger partial charge in [0.05, 0.1) is 12.7 Å². The van der Waals surface area contributed by atoms with E-state index in [2.05, 4.69) is 10.3 Å². The number of aromatic nitrogens is 1. The number of pyridine rings is 1. The molecule has 0 aliphatic rings. The Labute approximate surface area is 109 Å². The summed E-state index contributed by atoms with van der Waals surface area (Å²) in [6.45, 7) is 0. The van der Waals surface area contributed by atoms with Crippen molar-refractivity contribution >= 4 is 17.4 Å². The van der Waals surface area contributed by atoms with Gasteiger partial charge < -0.3 is 15.8 Å². The Kier molecular flexibility index (Phi) is 3.61. The van der Waals surface area contributed by atoms with Crippen LogP contribution in [0, 0.1) is 5.95 Å². The number of halogens is 1. The molecule has 0 bridgehead atoms. The van der Waals surface area contributed by atoms with Crippen molar-refractivity contribution in [3.63, 3.8) is 0 Å². The SMILES string of the molecule is COc1ccc(N)cc1C(=O)Nc1cccc(F)n1. The number of nitrogens with one attached hydrogen (secondary N) is 1. The summed E-state index contributed by atoms with van der Waals surface area (Å²) in [5.74, 6) is -0.642. The summed E-state index contributed by atoms with van der Waals surface area (Å²) >= 11 is 0. The first-order valence-electron chi connectivity index (χ1n) is 5.47. The number of rotatable bonds is 3. The number of amides is 1. The minimum absolute atomic E-state index is 0.120. The van der Waals surface area contributed by atoms with Gasteiger partial charge in [0, 0.05) is 5.69 Å². The summed E-state index contributed by atoms with van der Waals surface area (Å²) in [6.07, 6.45) is 0. The van der Waals surface area contributed by atoms with Crippen molar-refractivity contribution in [3.05, 3.63) is 47.9 Å². The molecule has 2 aromatic rings. The summed E-state index contributed by atoms with van der Waals surface area (Å²) in [7, 11) is 1.45. The van der Waals surface area contributed by atoms with Gasteiger partial charge in [-0.2, -0.15) is 4.39 Å². The number of nitrogen functional groups attached to an aromatic ring is 1. The molecular weight excluding hydrogens is 249 g/mol. The highest BCUT2D eigenvalue weighted by Crippen LogP contribution is 2.22. The van der Waals surface area contributed by atoms with Crippen molar-refractivity contribution in [3.8, 4) is 5.75 Å². The number of nitrogens with zero attached hydrogens (tertiary/aromatic N) is 1. The number of benzene rings is 1. The molecule has 0 spiro atoms. The Balaban J connectivity index is 2.27. The van der Waals surface area contributed by atoms with E-state index in [4.69, 9.17) is 10.5 Å². The van der Waals surface area contributed by atoms with Crippen LogP contribution in [0.2, 0.25) is 0 Å². The van der Waals surface area contributed by atoms with Crippen molar-refractivity contribution in [2.24, 2.45) is 0 Å². The topological polar surface area (TPSA) is 77.2 Å². The maximum atomic E-state index is 12.9. The van der Waals surface area contributed by atoms with E-state index in [1.807, 2.05) is 0 Å². The predicted molar refractivity (Wildman–Crippen MR) is 69.6 cm³/mol. The Bertz CT molecular complexity index is 617. The third-order valence-corrected chi connectivity index (χ3v) is 2.42. The van der Waals surface area contributed by atoms with Crippen LogP contribution in [0.3, 0.4) is 0 Å². The van der Waals surface area contributed by atoms with Crippen LogP contribution in [-0.4, -0.2) is 18.0 Å². The smallest absolute Gasteiger partial charge is 0.260 e. The largest absolute Gasteiger partial charge is 0.496 e. The lowest BCUT2D eigenvalue weighted by molar-refractivity contribution is 0.102. The number of ether oxygens (including phenoxy) is 1. The highest BCUT2D eigenvalue weighted by Gasteiger charge is 2.13. The molecule has 6 heteroatoms. The van der Waals surface area contributed by atoms with E-state index in [0.717, 1.165) is 0 Å². The van der Waals surface area contributed by atoms with Crippen LogP contribution in [-0.2, 0) is 0 Å². The molecule has 5 nitrogen and oxygen atoms in total. The molecule has 0 fully saturated rings. The Morgan fingerprint density at radius 2 is 2.16 bits per heavy atom. The fourth-order valence-electron chi connectivity index (χ4n) is 1.56. The number of carbonyl (C=O) groups is 1. The Morgan fingerprint density at radius 3 is 2.84 bits per heavy atom. The molecule has 0 atom stereocenters. The average molecular weight is 261 g/mol. The van der Waals surface area contributed by atoms with Crippen LogP contribution in [0.15, 0.2) is 36.4 Å². The monoisotopic (exact) mass is 261 g/mol. The third-order valence-electron chi connectivity index (χ3n) is 2.42. The number of methoxy groups -OCH3 is 1. The molecule has 3 N–H and O–H groups in total. The molecule has 0 aliphatic heterocycles. The van der Waals surface area contributed by atoms with Crippen LogP contribution in [0.4, 0.5) is 15.9 Å². The van der Waals surface area contributed by atoms with E-state index in [-0.39, 0.29) is 11.4 Å². The van der Waals surface area contributed by atoms with Gasteiger partial charge in [-0.3, -0.25) is 4.79 Å². The number of nitrogens with two attached hydrogens (primary N) is 1. The van der Waals surface area contributed by atoms with Crippen molar-refractivity contribution < 1.29 is 13.9 Å². The molecule has 0 saturated heterocycles. The first-order chi connectivity index (χ1) is 9.10. The van der Waals surface area contributed by atoms with Gasteiger partial charge in [0.25, 0.3) is 5.91 Å². The van der Waals surface area contributed by atoms with E-state index < -0.39 is 11.9 Å². The molecule has 0 radical (unpaired) electrons. The first kappa shape index (κ1) is 12.8. The summed E-state index contributed by atoms with van der Waals surface area (Å²) in [5, 5.41) is 2.48. The molecule has 0 saturated carbocycles. The zero-order chi connectivity index (χ0) is 13.8. The normalized spacial score (nSPS) is 10.0. The number of hydrogen-bond donors (Lipinski definition) is 2. The number of carbonyl (C=O) groups excluding carboxylic acids is 1. The molecule has 1 heterocycles. The van der Waals surface area contributed by atoms with Gasteiger partial charge in [-0.05, 0) is 30.3 Å². The Morgan fingerprint density at radius 1 is 1.37 bits per heavy atom. The van der Waals surface area contributed by atoms with Gasteiger partial charge in [-0.25, -0.2) is 4.98 Å². The molecule has 1 aromatic heterocycles. The van der Waals surface area contributed by atoms with E-state index in [0.29, 0.717) is 11.4 Å². The molecule has 2 rings (SSSR count). The number of anilines is 2. The van der Waals surface area contributed by atoms with Crippen LogP contribution in [0.5, 0.6) is 5.75 Å². The highest BCUT2D eigenvalue weighted by atomic mass is 19.1. The van der Waals surface area contributed by atoms with Crippen molar-refractivity contribution in [2.45, 2.75) is 0 Å². The zero-order valence-corrected chi connectivity index (χ0v) is 10.2. The van der Waals surface area contributed by atoms with Gasteiger partial charge in [-0.1, -0.05) is 6.07 Å².